The third-order valence-electron chi connectivity index (χ3n) is 3.98. The normalized spacial score (nSPS) is 11.5. The second-order valence-corrected chi connectivity index (χ2v) is 7.10. The van der Waals surface area contributed by atoms with Crippen molar-refractivity contribution in [1.82, 2.24) is 15.2 Å². The number of H-pyrrole nitrogens is 2. The summed E-state index contributed by atoms with van der Waals surface area (Å²) < 4.78 is 60.7. The van der Waals surface area contributed by atoms with Crippen molar-refractivity contribution in [2.75, 3.05) is 5.73 Å². The molecule has 0 unspecified atom stereocenters. The molecule has 0 bridgehead atoms. The van der Waals surface area contributed by atoms with Gasteiger partial charge in [-0.05, 0) is 19.1 Å². The maximum Gasteiger partial charge on any atom is 0.490 e. The van der Waals surface area contributed by atoms with Crippen LogP contribution in [0.5, 0.6) is 0 Å². The van der Waals surface area contributed by atoms with Crippen LogP contribution >= 0.6 is 11.3 Å². The number of nitrogens with zero attached hydrogens (tertiary/aromatic N) is 1. The van der Waals surface area contributed by atoms with Crippen LogP contribution in [0.3, 0.4) is 0 Å². The summed E-state index contributed by atoms with van der Waals surface area (Å²) in [4.78, 5) is 25.6. The maximum atomic E-state index is 14.5. The lowest BCUT2D eigenvalue weighted by Crippen LogP contribution is -2.21. The number of thiophene rings is 1. The fourth-order valence-corrected chi connectivity index (χ4v) is 3.51. The second-order valence-electron chi connectivity index (χ2n) is 5.98. The molecule has 13 heteroatoms. The Hall–Kier alpha value is -3.48. The lowest BCUT2D eigenvalue weighted by atomic mass is 10.0. The Balaban J connectivity index is 0.000000318. The third kappa shape index (κ3) is 3.70. The standard InChI is InChI=1S/C15H10F2N4OS.C2HF3O2/c1-5-10-12-11(6(16)4-7(22)13(12)17)14(19-15(10)21-20-5)8-2-3-9(18)23-8;3-2(4,5)1(6)7/h2-4H,18H2,1H3,(H2,19,20,21);(H,6,7). The number of benzene rings is 1. The number of hydrogen-bond acceptors (Lipinski definition) is 5. The molecule has 0 aliphatic carbocycles. The number of carbonyl (C=O) groups is 1. The minimum atomic E-state index is -5.08. The van der Waals surface area contributed by atoms with Gasteiger partial charge in [-0.15, -0.1) is 11.3 Å². The van der Waals surface area contributed by atoms with E-state index in [1.807, 2.05) is 0 Å². The Kier molecular flexibility index (Phi) is 5.24. The van der Waals surface area contributed by atoms with Crippen LogP contribution in [0.4, 0.5) is 27.0 Å². The molecule has 3 aromatic heterocycles. The van der Waals surface area contributed by atoms with Gasteiger partial charge in [0.1, 0.15) is 5.82 Å². The quantitative estimate of drug-likeness (QED) is 0.330. The molecule has 0 atom stereocenters. The van der Waals surface area contributed by atoms with Crippen molar-refractivity contribution in [3.63, 3.8) is 0 Å². The zero-order chi connectivity index (χ0) is 22.4. The minimum Gasteiger partial charge on any atom is -0.475 e. The van der Waals surface area contributed by atoms with Gasteiger partial charge in [0.25, 0.3) is 0 Å². The first kappa shape index (κ1) is 21.2. The zero-order valence-corrected chi connectivity index (χ0v) is 15.6. The molecule has 5 N–H and O–H groups in total. The number of carboxylic acids is 1. The number of fused-ring (bicyclic) bond motifs is 3. The summed E-state index contributed by atoms with van der Waals surface area (Å²) in [5.74, 6) is -4.55. The number of pyridine rings is 1. The molecular weight excluding hydrogens is 435 g/mol. The maximum absolute atomic E-state index is 14.5. The lowest BCUT2D eigenvalue weighted by molar-refractivity contribution is -0.192. The summed E-state index contributed by atoms with van der Waals surface area (Å²) in [6, 6.07) is 4.01. The fourth-order valence-electron chi connectivity index (χ4n) is 2.74. The van der Waals surface area contributed by atoms with Crippen molar-refractivity contribution in [3.8, 4) is 10.6 Å². The first-order chi connectivity index (χ1) is 13.9. The highest BCUT2D eigenvalue weighted by molar-refractivity contribution is 7.19. The van der Waals surface area contributed by atoms with Crippen molar-refractivity contribution in [2.45, 2.75) is 13.1 Å². The second kappa shape index (κ2) is 7.40. The van der Waals surface area contributed by atoms with Gasteiger partial charge in [-0.2, -0.15) is 13.2 Å². The van der Waals surface area contributed by atoms with Crippen molar-refractivity contribution < 1.29 is 31.9 Å². The van der Waals surface area contributed by atoms with Gasteiger partial charge >= 0.3 is 12.1 Å². The predicted molar refractivity (Wildman–Crippen MR) is 100 cm³/mol. The van der Waals surface area contributed by atoms with Crippen molar-refractivity contribution in [2.24, 2.45) is 0 Å². The molecule has 30 heavy (non-hydrogen) atoms. The molecular formula is C17H11F5N4O3S. The number of nitrogens with two attached hydrogens (primary N) is 1. The summed E-state index contributed by atoms with van der Waals surface area (Å²) in [6.45, 7) is 1.69. The van der Waals surface area contributed by atoms with Gasteiger partial charge in [-0.1, -0.05) is 0 Å². The van der Waals surface area contributed by atoms with Crippen LogP contribution < -0.4 is 11.2 Å². The van der Waals surface area contributed by atoms with Gasteiger partial charge < -0.3 is 15.9 Å². The van der Waals surface area contributed by atoms with Gasteiger partial charge in [0, 0.05) is 22.5 Å². The zero-order valence-electron chi connectivity index (χ0n) is 14.8. The number of aromatic amines is 2. The highest BCUT2D eigenvalue weighted by atomic mass is 32.1. The summed E-state index contributed by atoms with van der Waals surface area (Å²) >= 11 is 1.21. The summed E-state index contributed by atoms with van der Waals surface area (Å²) in [5, 5.41) is 13.6. The van der Waals surface area contributed by atoms with Crippen LogP contribution in [-0.4, -0.2) is 32.4 Å². The number of anilines is 1. The number of hydrogen-bond donors (Lipinski definition) is 4. The molecule has 0 fully saturated rings. The molecule has 0 radical (unpaired) electrons. The first-order valence-corrected chi connectivity index (χ1v) is 8.78. The van der Waals surface area contributed by atoms with E-state index in [0.29, 0.717) is 32.7 Å². The van der Waals surface area contributed by atoms with Crippen LogP contribution in [0.1, 0.15) is 5.69 Å². The van der Waals surface area contributed by atoms with Crippen LogP contribution in [0.15, 0.2) is 23.0 Å². The average molecular weight is 446 g/mol. The first-order valence-electron chi connectivity index (χ1n) is 7.96. The van der Waals surface area contributed by atoms with E-state index >= 15 is 0 Å². The average Bonchev–Trinajstić information content (AvgIpc) is 3.24. The Morgan fingerprint density at radius 1 is 1.17 bits per heavy atom. The van der Waals surface area contributed by atoms with E-state index in [4.69, 9.17) is 15.6 Å². The SMILES string of the molecule is Cc1[nH][nH]c2nc(-c3ccc(N)s3)c3c(F)cc(=O)c(F)c3c12.O=C(O)C(F)(F)F. The van der Waals surface area contributed by atoms with E-state index in [-0.39, 0.29) is 16.5 Å². The minimum absolute atomic E-state index is 0.0208. The number of aromatic nitrogens is 3. The number of alkyl halides is 3. The number of aliphatic carboxylic acids is 1. The van der Waals surface area contributed by atoms with E-state index in [1.54, 1.807) is 19.1 Å². The topological polar surface area (TPSA) is 125 Å². The number of nitrogen functional groups attached to an aromatic ring is 1. The molecule has 4 rings (SSSR count). The van der Waals surface area contributed by atoms with E-state index < -0.39 is 29.2 Å². The molecule has 0 aliphatic heterocycles. The summed E-state index contributed by atoms with van der Waals surface area (Å²) in [6.07, 6.45) is -5.08. The monoisotopic (exact) mass is 446 g/mol. The largest absolute Gasteiger partial charge is 0.490 e. The Morgan fingerprint density at radius 2 is 1.80 bits per heavy atom. The highest BCUT2D eigenvalue weighted by Crippen LogP contribution is 2.38. The number of aryl methyl sites for hydroxylation is 1. The number of carboxylic acid groups (broad SMARTS) is 1. The smallest absolute Gasteiger partial charge is 0.475 e. The molecule has 0 aliphatic rings. The molecule has 0 amide bonds. The molecule has 7 nitrogen and oxygen atoms in total. The van der Waals surface area contributed by atoms with E-state index in [0.717, 1.165) is 0 Å². The van der Waals surface area contributed by atoms with E-state index in [1.165, 1.54) is 11.3 Å². The van der Waals surface area contributed by atoms with Crippen molar-refractivity contribution in [1.29, 1.82) is 0 Å². The predicted octanol–water partition coefficient (Wildman–Crippen LogP) is 3.94. The molecule has 0 saturated carbocycles. The van der Waals surface area contributed by atoms with Crippen molar-refractivity contribution in [3.05, 3.63) is 45.8 Å². The van der Waals surface area contributed by atoms with E-state index in [2.05, 4.69) is 15.2 Å². The van der Waals surface area contributed by atoms with Gasteiger partial charge in [-0.25, -0.2) is 18.6 Å². The van der Waals surface area contributed by atoms with Crippen LogP contribution in [0.25, 0.3) is 32.4 Å². The van der Waals surface area contributed by atoms with Gasteiger partial charge in [0.05, 0.1) is 21.0 Å². The molecule has 1 aromatic carbocycles. The lowest BCUT2D eigenvalue weighted by Gasteiger charge is -2.08. The summed E-state index contributed by atoms with van der Waals surface area (Å²) in [7, 11) is 0. The Bertz CT molecular complexity index is 1340. The third-order valence-corrected chi connectivity index (χ3v) is 4.90. The van der Waals surface area contributed by atoms with Crippen molar-refractivity contribution >= 4 is 44.1 Å². The highest BCUT2D eigenvalue weighted by Gasteiger charge is 2.38. The number of rotatable bonds is 1. The fraction of sp³-hybridized carbons (Fsp3) is 0.118. The molecule has 158 valence electrons. The van der Waals surface area contributed by atoms with Crippen LogP contribution in [0.2, 0.25) is 0 Å². The van der Waals surface area contributed by atoms with Gasteiger partial charge in [-0.3, -0.25) is 9.89 Å². The van der Waals surface area contributed by atoms with Crippen LogP contribution in [-0.2, 0) is 4.79 Å². The molecule has 4 aromatic rings. The number of halogens is 5. The van der Waals surface area contributed by atoms with Gasteiger partial charge in [0.15, 0.2) is 11.5 Å². The number of nitrogens with one attached hydrogen (secondary N) is 2. The van der Waals surface area contributed by atoms with Crippen LogP contribution in [0, 0.1) is 18.6 Å². The Morgan fingerprint density at radius 3 is 2.33 bits per heavy atom. The molecule has 3 heterocycles. The Labute approximate surface area is 166 Å². The molecule has 0 saturated heterocycles. The molecule has 0 spiro atoms. The summed E-state index contributed by atoms with van der Waals surface area (Å²) in [5.41, 5.74) is 5.91. The van der Waals surface area contributed by atoms with E-state index in [9.17, 15) is 26.7 Å². The van der Waals surface area contributed by atoms with Gasteiger partial charge in [0.2, 0.25) is 5.43 Å².